The van der Waals surface area contributed by atoms with E-state index in [9.17, 15) is 4.79 Å². The molecule has 2 saturated heterocycles. The molecule has 6 rings (SSSR count). The summed E-state index contributed by atoms with van der Waals surface area (Å²) in [5.74, 6) is 1.63. The van der Waals surface area contributed by atoms with E-state index in [1.165, 1.54) is 19.3 Å². The lowest BCUT2D eigenvalue weighted by Gasteiger charge is -2.34. The van der Waals surface area contributed by atoms with Crippen LogP contribution in [0.5, 0.6) is 0 Å². The molecule has 0 atom stereocenters. The van der Waals surface area contributed by atoms with E-state index in [0.717, 1.165) is 30.0 Å². The van der Waals surface area contributed by atoms with Crippen molar-refractivity contribution in [2.24, 2.45) is 0 Å². The van der Waals surface area contributed by atoms with E-state index >= 15 is 0 Å². The van der Waals surface area contributed by atoms with Crippen LogP contribution < -0.4 is 9.80 Å². The number of piperidine rings is 1. The molecule has 2 aliphatic heterocycles. The second-order valence-electron chi connectivity index (χ2n) is 8.44. The number of hydrogen-bond donors (Lipinski definition) is 0. The number of aromatic nitrogens is 4. The van der Waals surface area contributed by atoms with Crippen LogP contribution in [0.4, 0.5) is 11.6 Å². The molecular formula is C23H26Cl3N7O3. The van der Waals surface area contributed by atoms with Gasteiger partial charge >= 0.3 is 0 Å². The van der Waals surface area contributed by atoms with Gasteiger partial charge in [-0.05, 0) is 42.5 Å². The summed E-state index contributed by atoms with van der Waals surface area (Å²) in [6.45, 7) is 6.40. The maximum absolute atomic E-state index is 11.3. The standard InChI is InChI=1S/C12H13ClN4O2.C11H12ClN3O.ClH/c1-8(18)16-3-5-17(6-4-16)11-10-9(2-7-19-10)14-12(13)15-11;12-11-13-8-4-7-16-9(8)10(14-11)15-5-2-1-3-6-15;/h2,7H,3-6H2,1H3;4,7H,1-3,5-6H2;1H. The molecule has 4 aromatic rings. The van der Waals surface area contributed by atoms with Gasteiger partial charge in [-0.2, -0.15) is 9.97 Å². The molecule has 0 aliphatic carbocycles. The average Bonchev–Trinajstić information content (AvgIpc) is 3.53. The van der Waals surface area contributed by atoms with Gasteiger partial charge in [-0.3, -0.25) is 4.79 Å². The Kier molecular flexibility index (Phi) is 8.38. The minimum atomic E-state index is 0. The predicted octanol–water partition coefficient (Wildman–Crippen LogP) is 4.83. The normalized spacial score (nSPS) is 16.0. The van der Waals surface area contributed by atoms with Gasteiger partial charge in [0, 0.05) is 58.3 Å². The van der Waals surface area contributed by atoms with Gasteiger partial charge in [0.15, 0.2) is 22.8 Å². The first-order valence-electron chi connectivity index (χ1n) is 11.6. The largest absolute Gasteiger partial charge is 0.459 e. The zero-order chi connectivity index (χ0) is 24.4. The van der Waals surface area contributed by atoms with Crippen molar-refractivity contribution in [1.82, 2.24) is 24.8 Å². The third-order valence-electron chi connectivity index (χ3n) is 6.20. The fourth-order valence-corrected chi connectivity index (χ4v) is 4.75. The third kappa shape index (κ3) is 5.61. The SMILES string of the molecule is CC(=O)N1CCN(c2nc(Cl)nc3ccoc23)CC1.Cl.Clc1nc(N2CCCCC2)c2occc2n1. The van der Waals surface area contributed by atoms with Gasteiger partial charge in [0.05, 0.1) is 12.5 Å². The van der Waals surface area contributed by atoms with Crippen molar-refractivity contribution in [2.45, 2.75) is 26.2 Å². The molecule has 36 heavy (non-hydrogen) atoms. The Balaban J connectivity index is 0.000000167. The van der Waals surface area contributed by atoms with Gasteiger partial charge in [0.25, 0.3) is 0 Å². The van der Waals surface area contributed by atoms with Crippen LogP contribution >= 0.6 is 35.6 Å². The molecule has 0 spiro atoms. The van der Waals surface area contributed by atoms with E-state index in [4.69, 9.17) is 32.0 Å². The molecule has 2 fully saturated rings. The summed E-state index contributed by atoms with van der Waals surface area (Å²) in [5.41, 5.74) is 2.86. The molecule has 0 bridgehead atoms. The Labute approximate surface area is 224 Å². The lowest BCUT2D eigenvalue weighted by Crippen LogP contribution is -2.48. The fourth-order valence-electron chi connectivity index (χ4n) is 4.41. The molecule has 4 aromatic heterocycles. The molecule has 6 heterocycles. The Bertz CT molecular complexity index is 1330. The second kappa shape index (κ2) is 11.5. The number of carbonyl (C=O) groups excluding carboxylic acids is 1. The highest BCUT2D eigenvalue weighted by atomic mass is 35.5. The highest BCUT2D eigenvalue weighted by Gasteiger charge is 2.23. The Morgan fingerprint density at radius 3 is 1.69 bits per heavy atom. The summed E-state index contributed by atoms with van der Waals surface area (Å²) in [5, 5.41) is 0.493. The summed E-state index contributed by atoms with van der Waals surface area (Å²) in [6.07, 6.45) is 6.89. The molecule has 0 saturated carbocycles. The molecule has 13 heteroatoms. The highest BCUT2D eigenvalue weighted by Crippen LogP contribution is 2.29. The minimum Gasteiger partial charge on any atom is -0.459 e. The third-order valence-corrected chi connectivity index (χ3v) is 6.53. The predicted molar refractivity (Wildman–Crippen MR) is 141 cm³/mol. The van der Waals surface area contributed by atoms with Crippen molar-refractivity contribution in [2.75, 3.05) is 49.1 Å². The first-order valence-corrected chi connectivity index (χ1v) is 12.3. The van der Waals surface area contributed by atoms with E-state index in [2.05, 4.69) is 29.7 Å². The van der Waals surface area contributed by atoms with E-state index < -0.39 is 0 Å². The zero-order valence-corrected chi connectivity index (χ0v) is 22.0. The van der Waals surface area contributed by atoms with Gasteiger partial charge in [-0.1, -0.05) is 0 Å². The van der Waals surface area contributed by atoms with Crippen LogP contribution in [0.2, 0.25) is 10.6 Å². The van der Waals surface area contributed by atoms with Crippen molar-refractivity contribution in [3.05, 3.63) is 35.2 Å². The number of piperazine rings is 1. The average molecular weight is 555 g/mol. The molecule has 1 amide bonds. The Morgan fingerprint density at radius 2 is 1.22 bits per heavy atom. The molecule has 0 aromatic carbocycles. The van der Waals surface area contributed by atoms with Crippen LogP contribution in [0.1, 0.15) is 26.2 Å². The van der Waals surface area contributed by atoms with Crippen LogP contribution in [0, 0.1) is 0 Å². The number of anilines is 2. The zero-order valence-electron chi connectivity index (χ0n) is 19.7. The minimum absolute atomic E-state index is 0. The number of furan rings is 2. The topological polar surface area (TPSA) is 105 Å². The quantitative estimate of drug-likeness (QED) is 0.322. The summed E-state index contributed by atoms with van der Waals surface area (Å²) in [6, 6.07) is 3.58. The summed E-state index contributed by atoms with van der Waals surface area (Å²) < 4.78 is 10.9. The molecular weight excluding hydrogens is 529 g/mol. The maximum atomic E-state index is 11.3. The van der Waals surface area contributed by atoms with Crippen molar-refractivity contribution < 1.29 is 13.6 Å². The lowest BCUT2D eigenvalue weighted by molar-refractivity contribution is -0.129. The van der Waals surface area contributed by atoms with Gasteiger partial charge in [-0.25, -0.2) is 9.97 Å². The van der Waals surface area contributed by atoms with Crippen LogP contribution in [-0.2, 0) is 4.79 Å². The van der Waals surface area contributed by atoms with Crippen molar-refractivity contribution in [3.63, 3.8) is 0 Å². The monoisotopic (exact) mass is 553 g/mol. The summed E-state index contributed by atoms with van der Waals surface area (Å²) in [4.78, 5) is 34.2. The second-order valence-corrected chi connectivity index (χ2v) is 9.12. The first-order chi connectivity index (χ1) is 17.0. The molecule has 2 aliphatic rings. The molecule has 10 nitrogen and oxygen atoms in total. The van der Waals surface area contributed by atoms with Crippen LogP contribution in [0.25, 0.3) is 22.2 Å². The van der Waals surface area contributed by atoms with E-state index in [-0.39, 0.29) is 28.9 Å². The van der Waals surface area contributed by atoms with E-state index in [1.54, 1.807) is 25.5 Å². The van der Waals surface area contributed by atoms with Gasteiger partial charge in [0.2, 0.25) is 16.5 Å². The highest BCUT2D eigenvalue weighted by molar-refractivity contribution is 6.29. The van der Waals surface area contributed by atoms with Crippen LogP contribution in [-0.4, -0.2) is 70.0 Å². The number of hydrogen-bond acceptors (Lipinski definition) is 9. The molecule has 0 N–H and O–H groups in total. The fraction of sp³-hybridized carbons (Fsp3) is 0.435. The number of rotatable bonds is 2. The Morgan fingerprint density at radius 1 is 0.750 bits per heavy atom. The van der Waals surface area contributed by atoms with Crippen LogP contribution in [0.15, 0.2) is 33.5 Å². The van der Waals surface area contributed by atoms with Crippen molar-refractivity contribution in [3.8, 4) is 0 Å². The molecule has 192 valence electrons. The molecule has 0 radical (unpaired) electrons. The number of carbonyl (C=O) groups is 1. The molecule has 0 unspecified atom stereocenters. The smallest absolute Gasteiger partial charge is 0.225 e. The van der Waals surface area contributed by atoms with E-state index in [1.807, 2.05) is 11.0 Å². The summed E-state index contributed by atoms with van der Waals surface area (Å²) >= 11 is 11.8. The van der Waals surface area contributed by atoms with E-state index in [0.29, 0.717) is 43.1 Å². The Hall–Kier alpha value is -2.82. The van der Waals surface area contributed by atoms with Gasteiger partial charge in [0.1, 0.15) is 11.0 Å². The van der Waals surface area contributed by atoms with Crippen molar-refractivity contribution >= 4 is 75.4 Å². The van der Waals surface area contributed by atoms with Crippen molar-refractivity contribution in [1.29, 1.82) is 0 Å². The van der Waals surface area contributed by atoms with Gasteiger partial charge < -0.3 is 23.5 Å². The van der Waals surface area contributed by atoms with Gasteiger partial charge in [-0.15, -0.1) is 12.4 Å². The van der Waals surface area contributed by atoms with Crippen LogP contribution in [0.3, 0.4) is 0 Å². The number of amides is 1. The number of fused-ring (bicyclic) bond motifs is 2. The number of nitrogens with zero attached hydrogens (tertiary/aromatic N) is 7. The summed E-state index contributed by atoms with van der Waals surface area (Å²) in [7, 11) is 0. The number of halogens is 3. The maximum Gasteiger partial charge on any atom is 0.225 e. The first kappa shape index (κ1) is 26.2. The lowest BCUT2D eigenvalue weighted by atomic mass is 10.1.